The molecule has 1 aromatic heterocycles. The molecule has 1 saturated carbocycles. The fourth-order valence-corrected chi connectivity index (χ4v) is 3.97. The molecule has 4 rings (SSSR count). The van der Waals surface area contributed by atoms with E-state index in [1.165, 1.54) is 43.2 Å². The van der Waals surface area contributed by atoms with Crippen molar-refractivity contribution in [3.05, 3.63) is 59.4 Å². The molecule has 25 heavy (non-hydrogen) atoms. The Bertz CT molecular complexity index is 752. The topological polar surface area (TPSA) is 45.2 Å². The van der Waals surface area contributed by atoms with E-state index in [0.29, 0.717) is 18.2 Å². The molecule has 0 radical (unpaired) electrons. The second-order valence-corrected chi connectivity index (χ2v) is 7.19. The molecular formula is C21H25N3O. The van der Waals surface area contributed by atoms with E-state index in [-0.39, 0.29) is 5.91 Å². The Morgan fingerprint density at radius 2 is 1.88 bits per heavy atom. The van der Waals surface area contributed by atoms with Gasteiger partial charge in [-0.05, 0) is 36.5 Å². The number of fused-ring (bicyclic) bond motifs is 1. The summed E-state index contributed by atoms with van der Waals surface area (Å²) in [5, 5.41) is 3.56. The van der Waals surface area contributed by atoms with Crippen molar-refractivity contribution in [1.82, 2.24) is 9.88 Å². The van der Waals surface area contributed by atoms with Crippen molar-refractivity contribution in [1.29, 1.82) is 0 Å². The van der Waals surface area contributed by atoms with E-state index in [9.17, 15) is 4.79 Å². The first-order valence-electron chi connectivity index (χ1n) is 9.37. The fourth-order valence-electron chi connectivity index (χ4n) is 3.97. The number of anilines is 1. The lowest BCUT2D eigenvalue weighted by Crippen LogP contribution is -2.36. The van der Waals surface area contributed by atoms with Crippen molar-refractivity contribution >= 4 is 11.6 Å². The van der Waals surface area contributed by atoms with Gasteiger partial charge in [-0.25, -0.2) is 0 Å². The lowest BCUT2D eigenvalue weighted by molar-refractivity contribution is 0.0734. The second-order valence-electron chi connectivity index (χ2n) is 7.19. The Kier molecular flexibility index (Phi) is 4.68. The summed E-state index contributed by atoms with van der Waals surface area (Å²) in [6.07, 6.45) is 10.8. The minimum atomic E-state index is 0.0781. The molecule has 1 N–H and O–H groups in total. The van der Waals surface area contributed by atoms with Crippen LogP contribution in [0.3, 0.4) is 0 Å². The first-order valence-corrected chi connectivity index (χ1v) is 9.37. The molecule has 0 atom stereocenters. The van der Waals surface area contributed by atoms with E-state index in [2.05, 4.69) is 28.5 Å². The SMILES string of the molecule is O=C(c1cncc(NC2CCCCC2)c1)N1CCc2ccccc2C1. The van der Waals surface area contributed by atoms with Gasteiger partial charge in [-0.1, -0.05) is 43.5 Å². The van der Waals surface area contributed by atoms with E-state index in [1.807, 2.05) is 23.2 Å². The summed E-state index contributed by atoms with van der Waals surface area (Å²) in [5.74, 6) is 0.0781. The highest BCUT2D eigenvalue weighted by molar-refractivity contribution is 5.94. The molecule has 0 spiro atoms. The zero-order valence-electron chi connectivity index (χ0n) is 14.6. The summed E-state index contributed by atoms with van der Waals surface area (Å²) in [7, 11) is 0. The summed E-state index contributed by atoms with van der Waals surface area (Å²) in [6.45, 7) is 1.46. The van der Waals surface area contributed by atoms with Crippen LogP contribution in [0.25, 0.3) is 0 Å². The van der Waals surface area contributed by atoms with Gasteiger partial charge in [0.05, 0.1) is 11.3 Å². The Balaban J connectivity index is 1.46. The smallest absolute Gasteiger partial charge is 0.255 e. The van der Waals surface area contributed by atoms with Gasteiger partial charge < -0.3 is 10.2 Å². The minimum absolute atomic E-state index is 0.0781. The van der Waals surface area contributed by atoms with Gasteiger partial charge in [0, 0.05) is 31.5 Å². The predicted molar refractivity (Wildman–Crippen MR) is 99.6 cm³/mol. The zero-order chi connectivity index (χ0) is 17.1. The van der Waals surface area contributed by atoms with Crippen molar-refractivity contribution in [3.8, 4) is 0 Å². The minimum Gasteiger partial charge on any atom is -0.381 e. The van der Waals surface area contributed by atoms with Crippen LogP contribution in [0.1, 0.15) is 53.6 Å². The summed E-state index contributed by atoms with van der Waals surface area (Å²) in [5.41, 5.74) is 4.26. The first-order chi connectivity index (χ1) is 12.3. The highest BCUT2D eigenvalue weighted by Gasteiger charge is 2.22. The molecule has 1 aliphatic carbocycles. The number of aromatic nitrogens is 1. The van der Waals surface area contributed by atoms with Gasteiger partial charge in [-0.15, -0.1) is 0 Å². The molecule has 2 aromatic rings. The summed E-state index contributed by atoms with van der Waals surface area (Å²) < 4.78 is 0. The third-order valence-electron chi connectivity index (χ3n) is 5.38. The standard InChI is InChI=1S/C21H25N3O/c25-21(24-11-10-16-6-4-5-7-17(16)15-24)18-12-20(14-22-13-18)23-19-8-2-1-3-9-19/h4-7,12-14,19,23H,1-3,8-11,15H2. The Hall–Kier alpha value is -2.36. The van der Waals surface area contributed by atoms with Gasteiger partial charge in [-0.2, -0.15) is 0 Å². The van der Waals surface area contributed by atoms with Crippen molar-refractivity contribution in [2.75, 3.05) is 11.9 Å². The highest BCUT2D eigenvalue weighted by atomic mass is 16.2. The number of benzene rings is 1. The molecule has 0 unspecified atom stereocenters. The number of nitrogens with zero attached hydrogens (tertiary/aromatic N) is 2. The Morgan fingerprint density at radius 1 is 1.08 bits per heavy atom. The number of hydrogen-bond donors (Lipinski definition) is 1. The number of hydrogen-bond acceptors (Lipinski definition) is 3. The van der Waals surface area contributed by atoms with Crippen LogP contribution in [0.4, 0.5) is 5.69 Å². The van der Waals surface area contributed by atoms with Gasteiger partial charge in [0.2, 0.25) is 0 Å². The molecule has 2 aliphatic rings. The monoisotopic (exact) mass is 335 g/mol. The van der Waals surface area contributed by atoms with Crippen LogP contribution in [0.15, 0.2) is 42.7 Å². The summed E-state index contributed by atoms with van der Waals surface area (Å²) in [4.78, 5) is 19.1. The number of rotatable bonds is 3. The second kappa shape index (κ2) is 7.26. The zero-order valence-corrected chi connectivity index (χ0v) is 14.6. The van der Waals surface area contributed by atoms with E-state index in [4.69, 9.17) is 0 Å². The molecule has 2 heterocycles. The Labute approximate surface area is 149 Å². The van der Waals surface area contributed by atoms with E-state index in [1.54, 1.807) is 6.20 Å². The molecule has 0 bridgehead atoms. The molecule has 4 nitrogen and oxygen atoms in total. The molecule has 1 fully saturated rings. The number of pyridine rings is 1. The van der Waals surface area contributed by atoms with Crippen molar-refractivity contribution < 1.29 is 4.79 Å². The number of carbonyl (C=O) groups excluding carboxylic acids is 1. The van der Waals surface area contributed by atoms with Crippen molar-refractivity contribution in [3.63, 3.8) is 0 Å². The molecule has 130 valence electrons. The summed E-state index contributed by atoms with van der Waals surface area (Å²) >= 11 is 0. The molecule has 4 heteroatoms. The number of carbonyl (C=O) groups is 1. The third kappa shape index (κ3) is 3.68. The maximum Gasteiger partial charge on any atom is 0.255 e. The average Bonchev–Trinajstić information content (AvgIpc) is 2.68. The quantitative estimate of drug-likeness (QED) is 0.921. The largest absolute Gasteiger partial charge is 0.381 e. The Morgan fingerprint density at radius 3 is 2.72 bits per heavy atom. The molecular weight excluding hydrogens is 310 g/mol. The average molecular weight is 335 g/mol. The molecule has 1 aromatic carbocycles. The molecule has 0 saturated heterocycles. The van der Waals surface area contributed by atoms with E-state index in [0.717, 1.165) is 18.7 Å². The predicted octanol–water partition coefficient (Wildman–Crippen LogP) is 4.02. The van der Waals surface area contributed by atoms with Crippen LogP contribution in [-0.4, -0.2) is 28.4 Å². The maximum absolute atomic E-state index is 12.9. The van der Waals surface area contributed by atoms with Crippen LogP contribution in [0.2, 0.25) is 0 Å². The van der Waals surface area contributed by atoms with Crippen molar-refractivity contribution in [2.45, 2.75) is 51.1 Å². The van der Waals surface area contributed by atoms with E-state index >= 15 is 0 Å². The van der Waals surface area contributed by atoms with Gasteiger partial charge >= 0.3 is 0 Å². The maximum atomic E-state index is 12.9. The lowest BCUT2D eigenvalue weighted by atomic mass is 9.95. The normalized spacial score (nSPS) is 17.8. The summed E-state index contributed by atoms with van der Waals surface area (Å²) in [6, 6.07) is 10.9. The highest BCUT2D eigenvalue weighted by Crippen LogP contribution is 2.23. The first kappa shape index (κ1) is 16.1. The third-order valence-corrected chi connectivity index (χ3v) is 5.38. The van der Waals surface area contributed by atoms with Crippen molar-refractivity contribution in [2.24, 2.45) is 0 Å². The lowest BCUT2D eigenvalue weighted by Gasteiger charge is -2.29. The van der Waals surface area contributed by atoms with Crippen LogP contribution in [0, 0.1) is 0 Å². The van der Waals surface area contributed by atoms with Gasteiger partial charge in [-0.3, -0.25) is 9.78 Å². The van der Waals surface area contributed by atoms with Crippen LogP contribution in [-0.2, 0) is 13.0 Å². The fraction of sp³-hybridized carbons (Fsp3) is 0.429. The van der Waals surface area contributed by atoms with Gasteiger partial charge in [0.1, 0.15) is 0 Å². The van der Waals surface area contributed by atoms with Gasteiger partial charge in [0.15, 0.2) is 0 Å². The molecule has 1 aliphatic heterocycles. The van der Waals surface area contributed by atoms with E-state index < -0.39 is 0 Å². The van der Waals surface area contributed by atoms with Crippen LogP contribution < -0.4 is 5.32 Å². The van der Waals surface area contributed by atoms with Gasteiger partial charge in [0.25, 0.3) is 5.91 Å². The molecule has 1 amide bonds. The number of nitrogens with one attached hydrogen (secondary N) is 1. The van der Waals surface area contributed by atoms with Crippen LogP contribution >= 0.6 is 0 Å². The van der Waals surface area contributed by atoms with Crippen LogP contribution in [0.5, 0.6) is 0 Å². The number of amides is 1.